The Balaban J connectivity index is 2.16. The molecule has 1 unspecified atom stereocenters. The van der Waals surface area contributed by atoms with Crippen molar-refractivity contribution in [1.29, 1.82) is 0 Å². The molecule has 22 heavy (non-hydrogen) atoms. The van der Waals surface area contributed by atoms with E-state index in [1.54, 1.807) is 18.2 Å². The second-order valence-corrected chi connectivity index (χ2v) is 5.59. The number of benzene rings is 1. The summed E-state index contributed by atoms with van der Waals surface area (Å²) in [4.78, 5) is 11.8. The molecule has 1 aliphatic heterocycles. The van der Waals surface area contributed by atoms with Gasteiger partial charge in [-0.3, -0.25) is 0 Å². The average Bonchev–Trinajstić information content (AvgIpc) is 2.67. The number of alkyl halides is 2. The Kier molecular flexibility index (Phi) is 4.51. The zero-order valence-corrected chi connectivity index (χ0v) is 12.2. The highest BCUT2D eigenvalue weighted by atomic mass is 19.3. The van der Waals surface area contributed by atoms with Gasteiger partial charge >= 0.3 is 5.97 Å². The van der Waals surface area contributed by atoms with Crippen molar-refractivity contribution in [1.82, 2.24) is 0 Å². The van der Waals surface area contributed by atoms with E-state index in [0.717, 1.165) is 0 Å². The number of ether oxygens (including phenoxy) is 2. The van der Waals surface area contributed by atoms with E-state index in [2.05, 4.69) is 0 Å². The third-order valence-corrected chi connectivity index (χ3v) is 4.04. The van der Waals surface area contributed by atoms with Crippen LogP contribution in [0.25, 0.3) is 0 Å². The van der Waals surface area contributed by atoms with Gasteiger partial charge in [-0.05, 0) is 26.0 Å². The maximum Gasteiger partial charge on any atom is 0.338 e. The molecule has 1 aromatic rings. The molecule has 7 heteroatoms. The molecule has 122 valence electrons. The lowest BCUT2D eigenvalue weighted by molar-refractivity contribution is -0.184. The standard InChI is InChI=1S/C15H18F2O5/c1-9-14(2,20)12(19)15(22-9,13(16)17)8-21-11(18)10-6-4-3-5-7-10/h3-7,9,12-13,19-20H,8H2,1-2H3/t9?,12-,14-,15+/m0/s1. The molecule has 1 heterocycles. The number of esters is 1. The van der Waals surface area contributed by atoms with Crippen LogP contribution >= 0.6 is 0 Å². The van der Waals surface area contributed by atoms with Crippen LogP contribution < -0.4 is 0 Å². The van der Waals surface area contributed by atoms with Gasteiger partial charge < -0.3 is 19.7 Å². The van der Waals surface area contributed by atoms with Gasteiger partial charge in [-0.1, -0.05) is 18.2 Å². The summed E-state index contributed by atoms with van der Waals surface area (Å²) in [6, 6.07) is 7.85. The normalized spacial score (nSPS) is 34.9. The first-order valence-corrected chi connectivity index (χ1v) is 6.80. The SMILES string of the molecule is CC1O[C@@](COC(=O)c2ccccc2)(C(F)F)[C@@H](O)[C@@]1(C)O. The monoisotopic (exact) mass is 316 g/mol. The minimum Gasteiger partial charge on any atom is -0.459 e. The van der Waals surface area contributed by atoms with Gasteiger partial charge in [0.2, 0.25) is 0 Å². The van der Waals surface area contributed by atoms with Gasteiger partial charge in [-0.25, -0.2) is 13.6 Å². The molecule has 1 saturated heterocycles. The first kappa shape index (κ1) is 16.8. The van der Waals surface area contributed by atoms with Gasteiger partial charge in [-0.2, -0.15) is 0 Å². The first-order chi connectivity index (χ1) is 10.2. The zero-order valence-electron chi connectivity index (χ0n) is 12.2. The molecule has 2 rings (SSSR count). The maximum absolute atomic E-state index is 13.4. The van der Waals surface area contributed by atoms with Gasteiger partial charge in [0.15, 0.2) is 5.60 Å². The summed E-state index contributed by atoms with van der Waals surface area (Å²) < 4.78 is 36.8. The summed E-state index contributed by atoms with van der Waals surface area (Å²) in [5.41, 5.74) is -4.12. The minimum absolute atomic E-state index is 0.194. The second-order valence-electron chi connectivity index (χ2n) is 5.59. The van der Waals surface area contributed by atoms with Crippen LogP contribution in [0, 0.1) is 0 Å². The number of aliphatic hydroxyl groups is 2. The fraction of sp³-hybridized carbons (Fsp3) is 0.533. The molecule has 0 bridgehead atoms. The molecule has 2 N–H and O–H groups in total. The first-order valence-electron chi connectivity index (χ1n) is 6.80. The molecule has 1 aromatic carbocycles. The molecule has 0 spiro atoms. The van der Waals surface area contributed by atoms with Crippen LogP contribution in [-0.2, 0) is 9.47 Å². The highest BCUT2D eigenvalue weighted by Gasteiger charge is 2.64. The molecular weight excluding hydrogens is 298 g/mol. The summed E-state index contributed by atoms with van der Waals surface area (Å²) in [6.07, 6.45) is -6.06. The number of hydrogen-bond donors (Lipinski definition) is 2. The van der Waals surface area contributed by atoms with Crippen molar-refractivity contribution in [2.24, 2.45) is 0 Å². The van der Waals surface area contributed by atoms with Crippen molar-refractivity contribution in [2.45, 2.75) is 43.7 Å². The predicted molar refractivity (Wildman–Crippen MR) is 72.6 cm³/mol. The van der Waals surface area contributed by atoms with Gasteiger partial charge in [0.1, 0.15) is 18.3 Å². The highest BCUT2D eigenvalue weighted by Crippen LogP contribution is 2.42. The summed E-state index contributed by atoms with van der Waals surface area (Å²) >= 11 is 0. The van der Waals surface area contributed by atoms with Gasteiger partial charge in [-0.15, -0.1) is 0 Å². The fourth-order valence-corrected chi connectivity index (χ4v) is 2.41. The van der Waals surface area contributed by atoms with Gasteiger partial charge in [0.05, 0.1) is 11.7 Å². The molecule has 0 amide bonds. The largest absolute Gasteiger partial charge is 0.459 e. The molecule has 0 aliphatic carbocycles. The van der Waals surface area contributed by atoms with Crippen molar-refractivity contribution in [2.75, 3.05) is 6.61 Å². The Labute approximate surface area is 126 Å². The number of aliphatic hydroxyl groups excluding tert-OH is 1. The Morgan fingerprint density at radius 1 is 1.41 bits per heavy atom. The lowest BCUT2D eigenvalue weighted by Gasteiger charge is -2.32. The van der Waals surface area contributed by atoms with Crippen LogP contribution in [0.15, 0.2) is 30.3 Å². The quantitative estimate of drug-likeness (QED) is 0.821. The fourth-order valence-electron chi connectivity index (χ4n) is 2.41. The molecule has 0 aromatic heterocycles. The van der Waals surface area contributed by atoms with E-state index in [1.807, 2.05) is 0 Å². The van der Waals surface area contributed by atoms with E-state index in [4.69, 9.17) is 9.47 Å². The van der Waals surface area contributed by atoms with Crippen LogP contribution in [-0.4, -0.2) is 52.6 Å². The summed E-state index contributed by atoms with van der Waals surface area (Å²) in [5, 5.41) is 20.1. The van der Waals surface area contributed by atoms with Crippen LogP contribution in [0.3, 0.4) is 0 Å². The summed E-state index contributed by atoms with van der Waals surface area (Å²) in [6.45, 7) is 1.71. The maximum atomic E-state index is 13.4. The van der Waals surface area contributed by atoms with E-state index in [-0.39, 0.29) is 5.56 Å². The minimum atomic E-state index is -3.14. The predicted octanol–water partition coefficient (Wildman–Crippen LogP) is 1.38. The van der Waals surface area contributed by atoms with Gasteiger partial charge in [0.25, 0.3) is 6.43 Å². The van der Waals surface area contributed by atoms with E-state index in [9.17, 15) is 23.8 Å². The van der Waals surface area contributed by atoms with Crippen LogP contribution in [0.1, 0.15) is 24.2 Å². The third kappa shape index (κ3) is 2.71. The van der Waals surface area contributed by atoms with E-state index in [1.165, 1.54) is 26.0 Å². The number of carbonyl (C=O) groups is 1. The molecule has 1 aliphatic rings. The lowest BCUT2D eigenvalue weighted by Crippen LogP contribution is -2.56. The van der Waals surface area contributed by atoms with E-state index < -0.39 is 42.4 Å². The lowest BCUT2D eigenvalue weighted by atomic mass is 9.86. The number of hydrogen-bond acceptors (Lipinski definition) is 5. The Bertz CT molecular complexity index is 534. The summed E-state index contributed by atoms with van der Waals surface area (Å²) in [5.74, 6) is -0.810. The number of rotatable bonds is 4. The highest BCUT2D eigenvalue weighted by molar-refractivity contribution is 5.89. The molecule has 0 radical (unpaired) electrons. The molecule has 5 nitrogen and oxygen atoms in total. The van der Waals surface area contributed by atoms with Crippen molar-refractivity contribution >= 4 is 5.97 Å². The van der Waals surface area contributed by atoms with Crippen molar-refractivity contribution in [3.63, 3.8) is 0 Å². The topological polar surface area (TPSA) is 76.0 Å². The molecule has 4 atom stereocenters. The van der Waals surface area contributed by atoms with Crippen LogP contribution in [0.4, 0.5) is 8.78 Å². The van der Waals surface area contributed by atoms with Crippen LogP contribution in [0.5, 0.6) is 0 Å². The summed E-state index contributed by atoms with van der Waals surface area (Å²) in [7, 11) is 0. The Morgan fingerprint density at radius 3 is 2.45 bits per heavy atom. The molecule has 0 saturated carbocycles. The van der Waals surface area contributed by atoms with Crippen LogP contribution in [0.2, 0.25) is 0 Å². The molecular formula is C15H18F2O5. The van der Waals surface area contributed by atoms with Crippen molar-refractivity contribution < 1.29 is 33.3 Å². The molecule has 1 fully saturated rings. The second kappa shape index (κ2) is 5.91. The zero-order chi connectivity index (χ0) is 16.5. The van der Waals surface area contributed by atoms with E-state index >= 15 is 0 Å². The number of halogens is 2. The third-order valence-electron chi connectivity index (χ3n) is 4.04. The number of carbonyl (C=O) groups excluding carboxylic acids is 1. The van der Waals surface area contributed by atoms with Gasteiger partial charge in [0, 0.05) is 0 Å². The Hall–Kier alpha value is -1.57. The van der Waals surface area contributed by atoms with E-state index in [0.29, 0.717) is 0 Å². The van der Waals surface area contributed by atoms with Crippen molar-refractivity contribution in [3.8, 4) is 0 Å². The Morgan fingerprint density at radius 2 is 2.00 bits per heavy atom. The van der Waals surface area contributed by atoms with Crippen molar-refractivity contribution in [3.05, 3.63) is 35.9 Å². The average molecular weight is 316 g/mol. The smallest absolute Gasteiger partial charge is 0.338 e.